The van der Waals surface area contributed by atoms with Gasteiger partial charge in [-0.25, -0.2) is 4.79 Å². The maximum Gasteiger partial charge on any atom is 0.337 e. The Hall–Kier alpha value is -2.10. The first kappa shape index (κ1) is 13.0. The van der Waals surface area contributed by atoms with Crippen LogP contribution in [0.3, 0.4) is 0 Å². The molecule has 0 aliphatic heterocycles. The summed E-state index contributed by atoms with van der Waals surface area (Å²) in [7, 11) is 0. The average molecular weight is 236 g/mol. The van der Waals surface area contributed by atoms with Crippen LogP contribution in [0.5, 0.6) is 0 Å². The van der Waals surface area contributed by atoms with Crippen molar-refractivity contribution in [3.8, 4) is 6.07 Å². The smallest absolute Gasteiger partial charge is 0.337 e. The lowest BCUT2D eigenvalue weighted by Gasteiger charge is -2.12. The highest BCUT2D eigenvalue weighted by atomic mass is 16.4. The lowest BCUT2D eigenvalue weighted by molar-refractivity contribution is 0.0697. The monoisotopic (exact) mass is 236 g/mol. The minimum Gasteiger partial charge on any atom is -0.478 e. The van der Waals surface area contributed by atoms with Crippen LogP contribution in [0.2, 0.25) is 0 Å². The van der Waals surface area contributed by atoms with Crippen LogP contribution in [0.25, 0.3) is 0 Å². The van der Waals surface area contributed by atoms with E-state index in [1.54, 1.807) is 0 Å². The number of rotatable bonds is 5. The fraction of sp³-hybridized carbons (Fsp3) is 0.273. The van der Waals surface area contributed by atoms with Crippen molar-refractivity contribution < 1.29 is 20.1 Å². The Kier molecular flexibility index (Phi) is 4.46. The molecule has 90 valence electrons. The van der Waals surface area contributed by atoms with Gasteiger partial charge in [0.05, 0.1) is 35.6 Å². The van der Waals surface area contributed by atoms with E-state index in [4.69, 9.17) is 20.6 Å². The molecule has 6 nitrogen and oxygen atoms in total. The number of nitrogens with zero attached hydrogens (tertiary/aromatic N) is 1. The first-order chi connectivity index (χ1) is 8.08. The van der Waals surface area contributed by atoms with Crippen LogP contribution >= 0.6 is 0 Å². The summed E-state index contributed by atoms with van der Waals surface area (Å²) < 4.78 is 0. The predicted octanol–water partition coefficient (Wildman–Crippen LogP) is 0.0216. The zero-order valence-corrected chi connectivity index (χ0v) is 8.92. The Bertz CT molecular complexity index is 453. The number of hydrogen-bond acceptors (Lipinski definition) is 5. The molecule has 1 unspecified atom stereocenters. The fourth-order valence-electron chi connectivity index (χ4n) is 1.24. The van der Waals surface area contributed by atoms with E-state index in [1.165, 1.54) is 18.2 Å². The van der Waals surface area contributed by atoms with Crippen molar-refractivity contribution in [2.75, 3.05) is 18.5 Å². The number of anilines is 1. The van der Waals surface area contributed by atoms with Gasteiger partial charge in [0, 0.05) is 6.54 Å². The summed E-state index contributed by atoms with van der Waals surface area (Å²) in [5.41, 5.74) is 0.564. The summed E-state index contributed by atoms with van der Waals surface area (Å²) in [5.74, 6) is -1.13. The zero-order valence-electron chi connectivity index (χ0n) is 8.92. The quantitative estimate of drug-likeness (QED) is 0.573. The van der Waals surface area contributed by atoms with E-state index in [2.05, 4.69) is 5.32 Å². The summed E-state index contributed by atoms with van der Waals surface area (Å²) in [5, 5.41) is 38.1. The van der Waals surface area contributed by atoms with Crippen LogP contribution in [-0.4, -0.2) is 40.5 Å². The summed E-state index contributed by atoms with van der Waals surface area (Å²) in [4.78, 5) is 10.9. The second kappa shape index (κ2) is 5.84. The van der Waals surface area contributed by atoms with Gasteiger partial charge in [-0.15, -0.1) is 0 Å². The van der Waals surface area contributed by atoms with Crippen LogP contribution < -0.4 is 5.32 Å². The van der Waals surface area contributed by atoms with Gasteiger partial charge in [-0.2, -0.15) is 5.26 Å². The topological polar surface area (TPSA) is 114 Å². The number of aromatic carboxylic acids is 1. The third kappa shape index (κ3) is 3.45. The van der Waals surface area contributed by atoms with E-state index in [9.17, 15) is 4.79 Å². The molecule has 1 aromatic carbocycles. The molecule has 1 rings (SSSR count). The molecule has 1 atom stereocenters. The van der Waals surface area contributed by atoms with Gasteiger partial charge in [-0.1, -0.05) is 0 Å². The Morgan fingerprint density at radius 1 is 1.53 bits per heavy atom. The molecule has 0 saturated heterocycles. The maximum atomic E-state index is 10.9. The molecule has 0 spiro atoms. The molecule has 0 saturated carbocycles. The lowest BCUT2D eigenvalue weighted by Crippen LogP contribution is -2.23. The minimum absolute atomic E-state index is 0.00562. The van der Waals surface area contributed by atoms with Crippen molar-refractivity contribution in [3.63, 3.8) is 0 Å². The molecule has 0 bridgehead atoms. The van der Waals surface area contributed by atoms with Gasteiger partial charge in [0.15, 0.2) is 0 Å². The Labute approximate surface area is 97.7 Å². The fourth-order valence-corrected chi connectivity index (χ4v) is 1.24. The molecule has 6 heteroatoms. The van der Waals surface area contributed by atoms with E-state index >= 15 is 0 Å². The van der Waals surface area contributed by atoms with Crippen LogP contribution in [0.4, 0.5) is 5.69 Å². The van der Waals surface area contributed by atoms with Crippen LogP contribution in [-0.2, 0) is 0 Å². The van der Waals surface area contributed by atoms with Crippen molar-refractivity contribution in [2.24, 2.45) is 0 Å². The molecular weight excluding hydrogens is 224 g/mol. The molecular formula is C11H12N2O4. The number of nitriles is 1. The Morgan fingerprint density at radius 2 is 2.24 bits per heavy atom. The van der Waals surface area contributed by atoms with Crippen molar-refractivity contribution in [1.82, 2.24) is 0 Å². The lowest BCUT2D eigenvalue weighted by atomic mass is 10.1. The number of carbonyl (C=O) groups is 1. The Balaban J connectivity index is 2.94. The summed E-state index contributed by atoms with van der Waals surface area (Å²) in [6, 6.07) is 5.99. The number of aliphatic hydroxyl groups excluding tert-OH is 2. The summed E-state index contributed by atoms with van der Waals surface area (Å²) in [6.07, 6.45) is -0.984. The third-order valence-corrected chi connectivity index (χ3v) is 2.12. The second-order valence-corrected chi connectivity index (χ2v) is 3.39. The van der Waals surface area contributed by atoms with Gasteiger partial charge >= 0.3 is 5.97 Å². The summed E-state index contributed by atoms with van der Waals surface area (Å²) >= 11 is 0. The van der Waals surface area contributed by atoms with Crippen LogP contribution in [0.1, 0.15) is 15.9 Å². The number of benzene rings is 1. The number of carboxylic acid groups (broad SMARTS) is 1. The van der Waals surface area contributed by atoms with E-state index in [1.807, 2.05) is 6.07 Å². The van der Waals surface area contributed by atoms with Gasteiger partial charge in [-0.3, -0.25) is 0 Å². The van der Waals surface area contributed by atoms with Gasteiger partial charge < -0.3 is 20.6 Å². The SMILES string of the molecule is N#Cc1ccc(C(=O)O)c(NCC(O)CO)c1. The number of nitrogens with one attached hydrogen (secondary N) is 1. The molecule has 4 N–H and O–H groups in total. The standard InChI is InChI=1S/C11H12N2O4/c12-4-7-1-2-9(11(16)17)10(3-7)13-5-8(15)6-14/h1-3,8,13-15H,5-6H2,(H,16,17). The van der Waals surface area contributed by atoms with Crippen molar-refractivity contribution in [2.45, 2.75) is 6.10 Å². The largest absolute Gasteiger partial charge is 0.478 e. The molecule has 0 fully saturated rings. The van der Waals surface area contributed by atoms with Gasteiger partial charge in [0.25, 0.3) is 0 Å². The van der Waals surface area contributed by atoms with Gasteiger partial charge in [-0.05, 0) is 18.2 Å². The number of carboxylic acids is 1. The van der Waals surface area contributed by atoms with E-state index < -0.39 is 18.7 Å². The predicted molar refractivity (Wildman–Crippen MR) is 59.7 cm³/mol. The van der Waals surface area contributed by atoms with E-state index in [-0.39, 0.29) is 17.8 Å². The van der Waals surface area contributed by atoms with Crippen LogP contribution in [0, 0.1) is 11.3 Å². The molecule has 0 radical (unpaired) electrons. The van der Waals surface area contributed by atoms with Crippen molar-refractivity contribution in [1.29, 1.82) is 5.26 Å². The molecule has 17 heavy (non-hydrogen) atoms. The van der Waals surface area contributed by atoms with Crippen LogP contribution in [0.15, 0.2) is 18.2 Å². The molecule has 0 aromatic heterocycles. The van der Waals surface area contributed by atoms with E-state index in [0.29, 0.717) is 5.56 Å². The highest BCUT2D eigenvalue weighted by Gasteiger charge is 2.11. The molecule has 0 amide bonds. The highest BCUT2D eigenvalue weighted by Crippen LogP contribution is 2.17. The third-order valence-electron chi connectivity index (χ3n) is 2.12. The van der Waals surface area contributed by atoms with Gasteiger partial charge in [0.1, 0.15) is 0 Å². The van der Waals surface area contributed by atoms with Crippen molar-refractivity contribution >= 4 is 11.7 Å². The van der Waals surface area contributed by atoms with Crippen molar-refractivity contribution in [3.05, 3.63) is 29.3 Å². The zero-order chi connectivity index (χ0) is 12.8. The molecule has 0 aliphatic carbocycles. The minimum atomic E-state index is -1.13. The Morgan fingerprint density at radius 3 is 2.76 bits per heavy atom. The maximum absolute atomic E-state index is 10.9. The normalized spacial score (nSPS) is 11.6. The first-order valence-corrected chi connectivity index (χ1v) is 4.88. The molecule has 0 aliphatic rings. The summed E-state index contributed by atoms with van der Waals surface area (Å²) in [6.45, 7) is -0.418. The van der Waals surface area contributed by atoms with Gasteiger partial charge in [0.2, 0.25) is 0 Å². The molecule has 0 heterocycles. The van der Waals surface area contributed by atoms with E-state index in [0.717, 1.165) is 0 Å². The first-order valence-electron chi connectivity index (χ1n) is 4.88. The number of hydrogen-bond donors (Lipinski definition) is 4. The number of aliphatic hydroxyl groups is 2. The molecule has 1 aromatic rings. The average Bonchev–Trinajstić information content (AvgIpc) is 2.35. The highest BCUT2D eigenvalue weighted by molar-refractivity contribution is 5.94. The second-order valence-electron chi connectivity index (χ2n) is 3.39.